The molecule has 2 nitrogen and oxygen atoms in total. The van der Waals surface area contributed by atoms with E-state index >= 15 is 0 Å². The highest BCUT2D eigenvalue weighted by atomic mass is 19.4. The van der Waals surface area contributed by atoms with Gasteiger partial charge in [-0.1, -0.05) is 24.3 Å². The van der Waals surface area contributed by atoms with Crippen LogP contribution in [0.3, 0.4) is 0 Å². The first-order valence-electron chi connectivity index (χ1n) is 5.52. The van der Waals surface area contributed by atoms with E-state index in [-0.39, 0.29) is 11.3 Å². The third-order valence-corrected chi connectivity index (χ3v) is 2.73. The molecular formula is C14H10F3NO. The lowest BCUT2D eigenvalue weighted by atomic mass is 10.00. The van der Waals surface area contributed by atoms with Crippen molar-refractivity contribution in [2.24, 2.45) is 0 Å². The summed E-state index contributed by atoms with van der Waals surface area (Å²) in [6, 6.07) is 6.93. The molecule has 0 saturated heterocycles. The van der Waals surface area contributed by atoms with Crippen molar-refractivity contribution in [3.63, 3.8) is 0 Å². The molecule has 0 atom stereocenters. The van der Waals surface area contributed by atoms with Crippen LogP contribution in [0.1, 0.15) is 22.8 Å². The zero-order valence-corrected chi connectivity index (χ0v) is 10.0. The number of halogens is 3. The highest BCUT2D eigenvalue weighted by Crippen LogP contribution is 2.36. The topological polar surface area (TPSA) is 30.0 Å². The maximum Gasteiger partial charge on any atom is 0.417 e. The zero-order valence-electron chi connectivity index (χ0n) is 10.0. The van der Waals surface area contributed by atoms with E-state index in [9.17, 15) is 18.0 Å². The molecule has 19 heavy (non-hydrogen) atoms. The van der Waals surface area contributed by atoms with Gasteiger partial charge in [0.1, 0.15) is 0 Å². The van der Waals surface area contributed by atoms with E-state index in [4.69, 9.17) is 0 Å². The number of ketones is 1. The van der Waals surface area contributed by atoms with Crippen LogP contribution in [-0.4, -0.2) is 10.8 Å². The molecule has 0 N–H and O–H groups in total. The molecule has 1 aromatic heterocycles. The van der Waals surface area contributed by atoms with Crippen molar-refractivity contribution >= 4 is 5.78 Å². The van der Waals surface area contributed by atoms with Crippen LogP contribution in [0.25, 0.3) is 11.1 Å². The summed E-state index contributed by atoms with van der Waals surface area (Å²) in [4.78, 5) is 14.9. The van der Waals surface area contributed by atoms with Crippen molar-refractivity contribution in [1.82, 2.24) is 4.98 Å². The molecular weight excluding hydrogens is 255 g/mol. The van der Waals surface area contributed by atoms with Gasteiger partial charge in [-0.25, -0.2) is 0 Å². The first-order valence-corrected chi connectivity index (χ1v) is 5.52. The SMILES string of the molecule is CC(=O)c1ccc(-c2cnccc2C(F)(F)F)cc1. The third-order valence-electron chi connectivity index (χ3n) is 2.73. The van der Waals surface area contributed by atoms with Crippen LogP contribution in [-0.2, 0) is 6.18 Å². The predicted molar refractivity (Wildman–Crippen MR) is 64.7 cm³/mol. The van der Waals surface area contributed by atoms with Crippen molar-refractivity contribution in [2.75, 3.05) is 0 Å². The van der Waals surface area contributed by atoms with Gasteiger partial charge in [0.05, 0.1) is 5.56 Å². The Morgan fingerprint density at radius 3 is 2.26 bits per heavy atom. The molecule has 0 saturated carbocycles. The van der Waals surface area contributed by atoms with E-state index in [1.54, 1.807) is 0 Å². The fraction of sp³-hybridized carbons (Fsp3) is 0.143. The quantitative estimate of drug-likeness (QED) is 0.769. The summed E-state index contributed by atoms with van der Waals surface area (Å²) in [5.74, 6) is -0.131. The number of benzene rings is 1. The van der Waals surface area contributed by atoms with Crippen LogP contribution < -0.4 is 0 Å². The fourth-order valence-corrected chi connectivity index (χ4v) is 1.76. The molecule has 0 aliphatic carbocycles. The number of pyridine rings is 1. The third kappa shape index (κ3) is 2.81. The Morgan fingerprint density at radius 2 is 1.74 bits per heavy atom. The number of Topliss-reactive ketones (excluding diaryl/α,β-unsaturated/α-hetero) is 1. The van der Waals surface area contributed by atoms with Crippen molar-refractivity contribution in [3.8, 4) is 11.1 Å². The summed E-state index contributed by atoms with van der Waals surface area (Å²) in [5, 5.41) is 0. The maximum atomic E-state index is 12.9. The lowest BCUT2D eigenvalue weighted by Gasteiger charge is -2.12. The molecule has 0 amide bonds. The molecule has 0 aliphatic rings. The molecule has 5 heteroatoms. The van der Waals surface area contributed by atoms with E-state index < -0.39 is 11.7 Å². The molecule has 1 heterocycles. The average molecular weight is 265 g/mol. The predicted octanol–water partition coefficient (Wildman–Crippen LogP) is 3.97. The number of aromatic nitrogens is 1. The van der Waals surface area contributed by atoms with Gasteiger partial charge in [-0.2, -0.15) is 13.2 Å². The van der Waals surface area contributed by atoms with Gasteiger partial charge in [-0.05, 0) is 18.6 Å². The molecule has 98 valence electrons. The Hall–Kier alpha value is -2.17. The second kappa shape index (κ2) is 4.84. The Morgan fingerprint density at radius 1 is 1.11 bits per heavy atom. The molecule has 1 aromatic carbocycles. The minimum absolute atomic E-state index is 0.00472. The van der Waals surface area contributed by atoms with E-state index in [1.165, 1.54) is 37.4 Å². The first-order chi connectivity index (χ1) is 8.89. The Balaban J connectivity index is 2.50. The Kier molecular flexibility index (Phi) is 3.38. The summed E-state index contributed by atoms with van der Waals surface area (Å²) < 4.78 is 38.6. The van der Waals surface area contributed by atoms with Gasteiger partial charge in [0, 0.05) is 23.5 Å². The summed E-state index contributed by atoms with van der Waals surface area (Å²) >= 11 is 0. The van der Waals surface area contributed by atoms with Crippen molar-refractivity contribution in [2.45, 2.75) is 13.1 Å². The fourth-order valence-electron chi connectivity index (χ4n) is 1.76. The summed E-state index contributed by atoms with van der Waals surface area (Å²) in [5.41, 5.74) is 0.106. The Bertz CT molecular complexity index is 603. The van der Waals surface area contributed by atoms with Gasteiger partial charge in [0.25, 0.3) is 0 Å². The Labute approximate surface area is 107 Å². The van der Waals surface area contributed by atoms with Crippen molar-refractivity contribution < 1.29 is 18.0 Å². The molecule has 0 radical (unpaired) electrons. The molecule has 2 aromatic rings. The lowest BCUT2D eigenvalue weighted by Crippen LogP contribution is -2.07. The normalized spacial score (nSPS) is 11.4. The standard InChI is InChI=1S/C14H10F3NO/c1-9(19)10-2-4-11(5-3-10)12-8-18-7-6-13(12)14(15,16)17/h2-8H,1H3. The van der Waals surface area contributed by atoms with Gasteiger partial charge >= 0.3 is 6.18 Å². The number of hydrogen-bond donors (Lipinski definition) is 0. The highest BCUT2D eigenvalue weighted by molar-refractivity contribution is 5.94. The molecule has 2 rings (SSSR count). The van der Waals surface area contributed by atoms with Crippen molar-refractivity contribution in [1.29, 1.82) is 0 Å². The lowest BCUT2D eigenvalue weighted by molar-refractivity contribution is -0.137. The zero-order chi connectivity index (χ0) is 14.0. The number of hydrogen-bond acceptors (Lipinski definition) is 2. The molecule has 0 bridgehead atoms. The second-order valence-electron chi connectivity index (χ2n) is 4.05. The van der Waals surface area contributed by atoms with Crippen LogP contribution in [0.15, 0.2) is 42.7 Å². The number of rotatable bonds is 2. The van der Waals surface area contributed by atoms with Gasteiger partial charge in [0.15, 0.2) is 5.78 Å². The maximum absolute atomic E-state index is 12.9. The van der Waals surface area contributed by atoms with Gasteiger partial charge in [0.2, 0.25) is 0 Å². The number of nitrogens with zero attached hydrogens (tertiary/aromatic N) is 1. The van der Waals surface area contributed by atoms with Crippen molar-refractivity contribution in [3.05, 3.63) is 53.9 Å². The summed E-state index contributed by atoms with van der Waals surface area (Å²) in [6.45, 7) is 1.40. The number of alkyl halides is 3. The average Bonchev–Trinajstić information content (AvgIpc) is 2.38. The van der Waals surface area contributed by atoms with Crippen LogP contribution >= 0.6 is 0 Å². The minimum Gasteiger partial charge on any atom is -0.295 e. The van der Waals surface area contributed by atoms with E-state index in [0.717, 1.165) is 12.3 Å². The van der Waals surface area contributed by atoms with Gasteiger partial charge in [-0.3, -0.25) is 9.78 Å². The summed E-state index contributed by atoms with van der Waals surface area (Å²) in [7, 11) is 0. The summed E-state index contributed by atoms with van der Waals surface area (Å²) in [6.07, 6.45) is -2.15. The van der Waals surface area contributed by atoms with E-state index in [0.29, 0.717) is 11.1 Å². The van der Waals surface area contributed by atoms with Crippen LogP contribution in [0.2, 0.25) is 0 Å². The largest absolute Gasteiger partial charge is 0.417 e. The molecule has 0 aliphatic heterocycles. The first kappa shape index (κ1) is 13.3. The van der Waals surface area contributed by atoms with Gasteiger partial charge in [-0.15, -0.1) is 0 Å². The monoisotopic (exact) mass is 265 g/mol. The second-order valence-corrected chi connectivity index (χ2v) is 4.05. The van der Waals surface area contributed by atoms with E-state index in [2.05, 4.69) is 4.98 Å². The highest BCUT2D eigenvalue weighted by Gasteiger charge is 2.33. The number of carbonyl (C=O) groups excluding carboxylic acids is 1. The molecule has 0 spiro atoms. The number of carbonyl (C=O) groups is 1. The van der Waals surface area contributed by atoms with Crippen LogP contribution in [0.4, 0.5) is 13.2 Å². The molecule has 0 fully saturated rings. The minimum atomic E-state index is -4.43. The smallest absolute Gasteiger partial charge is 0.295 e. The van der Waals surface area contributed by atoms with Crippen LogP contribution in [0, 0.1) is 0 Å². The van der Waals surface area contributed by atoms with Gasteiger partial charge < -0.3 is 0 Å². The van der Waals surface area contributed by atoms with Crippen LogP contribution in [0.5, 0.6) is 0 Å². The molecule has 0 unspecified atom stereocenters. The van der Waals surface area contributed by atoms with E-state index in [1.807, 2.05) is 0 Å².